The lowest BCUT2D eigenvalue weighted by Crippen LogP contribution is -2.48. The van der Waals surface area contributed by atoms with E-state index in [0.717, 1.165) is 0 Å². The van der Waals surface area contributed by atoms with E-state index in [-0.39, 0.29) is 18.3 Å². The molecule has 1 amide bonds. The fourth-order valence-electron chi connectivity index (χ4n) is 3.73. The molecule has 1 saturated heterocycles. The molecule has 1 aliphatic rings. The highest BCUT2D eigenvalue weighted by molar-refractivity contribution is 6.31. The predicted molar refractivity (Wildman–Crippen MR) is 115 cm³/mol. The number of carbonyl (C=O) groups is 2. The maximum Gasteiger partial charge on any atom is 0.340 e. The number of hydrogen-bond acceptors (Lipinski definition) is 5. The van der Waals surface area contributed by atoms with Crippen molar-refractivity contribution in [2.75, 3.05) is 46.5 Å². The number of H-pyrrole nitrogens is 1. The maximum atomic E-state index is 14.1. The quantitative estimate of drug-likeness (QED) is 0.517. The summed E-state index contributed by atoms with van der Waals surface area (Å²) in [4.78, 5) is 32.3. The molecule has 1 aromatic carbocycles. The molecule has 0 unspecified atom stereocenters. The molecule has 0 atom stereocenters. The second-order valence-electron chi connectivity index (χ2n) is 7.52. The lowest BCUT2D eigenvalue weighted by molar-refractivity contribution is 0.0387. The van der Waals surface area contributed by atoms with Gasteiger partial charge in [0.25, 0.3) is 5.91 Å². The molecule has 0 saturated carbocycles. The fraction of sp³-hybridized carbons (Fsp3) is 0.455. The Balaban J connectivity index is 1.63. The minimum atomic E-state index is -0.478. The van der Waals surface area contributed by atoms with Crippen LogP contribution in [0, 0.1) is 19.7 Å². The van der Waals surface area contributed by atoms with E-state index in [9.17, 15) is 14.0 Å². The van der Waals surface area contributed by atoms with Crippen LogP contribution >= 0.6 is 11.6 Å². The van der Waals surface area contributed by atoms with Gasteiger partial charge in [-0.05, 0) is 31.5 Å². The molecule has 168 valence electrons. The summed E-state index contributed by atoms with van der Waals surface area (Å²) in [6.07, 6.45) is 0. The summed E-state index contributed by atoms with van der Waals surface area (Å²) < 4.78 is 24.1. The summed E-state index contributed by atoms with van der Waals surface area (Å²) in [5.74, 6) is -0.970. The second kappa shape index (κ2) is 10.3. The Bertz CT molecular complexity index is 934. The van der Waals surface area contributed by atoms with Crippen molar-refractivity contribution in [2.45, 2.75) is 20.4 Å². The second-order valence-corrected chi connectivity index (χ2v) is 7.93. The number of methoxy groups -OCH3 is 1. The number of aromatic amines is 1. The van der Waals surface area contributed by atoms with Gasteiger partial charge in [-0.2, -0.15) is 0 Å². The van der Waals surface area contributed by atoms with Crippen LogP contribution in [0.15, 0.2) is 18.2 Å². The van der Waals surface area contributed by atoms with Crippen molar-refractivity contribution in [3.05, 3.63) is 57.1 Å². The molecule has 0 radical (unpaired) electrons. The monoisotopic (exact) mass is 451 g/mol. The summed E-state index contributed by atoms with van der Waals surface area (Å²) in [6.45, 7) is 6.52. The molecule has 0 spiro atoms. The summed E-state index contributed by atoms with van der Waals surface area (Å²) in [6, 6.07) is 4.66. The number of ether oxygens (including phenoxy) is 2. The van der Waals surface area contributed by atoms with Gasteiger partial charge in [-0.25, -0.2) is 9.18 Å². The van der Waals surface area contributed by atoms with Crippen molar-refractivity contribution in [3.63, 3.8) is 0 Å². The van der Waals surface area contributed by atoms with E-state index in [4.69, 9.17) is 21.1 Å². The summed E-state index contributed by atoms with van der Waals surface area (Å²) in [7, 11) is 1.53. The van der Waals surface area contributed by atoms with Crippen molar-refractivity contribution in [1.29, 1.82) is 0 Å². The van der Waals surface area contributed by atoms with Crippen LogP contribution in [0.4, 0.5) is 4.39 Å². The van der Waals surface area contributed by atoms with Crippen LogP contribution in [0.1, 0.15) is 37.7 Å². The smallest absolute Gasteiger partial charge is 0.340 e. The van der Waals surface area contributed by atoms with Crippen molar-refractivity contribution in [3.8, 4) is 0 Å². The molecular formula is C22H27ClFN3O4. The largest absolute Gasteiger partial charge is 0.460 e. The number of halogens is 2. The molecule has 0 bridgehead atoms. The molecule has 9 heteroatoms. The zero-order valence-corrected chi connectivity index (χ0v) is 18.7. The number of piperazine rings is 1. The third-order valence-corrected chi connectivity index (χ3v) is 5.83. The van der Waals surface area contributed by atoms with Gasteiger partial charge >= 0.3 is 5.97 Å². The zero-order valence-electron chi connectivity index (χ0n) is 18.0. The molecule has 1 N–H and O–H groups in total. The third kappa shape index (κ3) is 5.26. The SMILES string of the molecule is COCCOC(=O)c1c(C)[nH]c(C(=O)N2CCN(Cc3c(F)cccc3Cl)CC2)c1C. The molecule has 0 aliphatic carbocycles. The molecular weight excluding hydrogens is 425 g/mol. The van der Waals surface area contributed by atoms with Crippen LogP contribution in [0.5, 0.6) is 0 Å². The number of esters is 1. The van der Waals surface area contributed by atoms with Gasteiger partial charge in [-0.1, -0.05) is 17.7 Å². The lowest BCUT2D eigenvalue weighted by atomic mass is 10.1. The Labute approximate surface area is 186 Å². The van der Waals surface area contributed by atoms with Gasteiger partial charge < -0.3 is 19.4 Å². The van der Waals surface area contributed by atoms with Crippen LogP contribution in [-0.4, -0.2) is 73.2 Å². The van der Waals surface area contributed by atoms with Gasteiger partial charge in [0.05, 0.1) is 12.2 Å². The molecule has 1 aliphatic heterocycles. The number of nitrogens with one attached hydrogen (secondary N) is 1. The Morgan fingerprint density at radius 1 is 1.16 bits per heavy atom. The normalized spacial score (nSPS) is 14.7. The van der Waals surface area contributed by atoms with Crippen LogP contribution in [0.3, 0.4) is 0 Å². The van der Waals surface area contributed by atoms with Crippen LogP contribution in [0.2, 0.25) is 5.02 Å². The fourth-order valence-corrected chi connectivity index (χ4v) is 3.96. The number of amides is 1. The highest BCUT2D eigenvalue weighted by Crippen LogP contribution is 2.23. The van der Waals surface area contributed by atoms with E-state index >= 15 is 0 Å². The number of aromatic nitrogens is 1. The number of aryl methyl sites for hydroxylation is 1. The van der Waals surface area contributed by atoms with E-state index in [1.54, 1.807) is 30.9 Å². The number of rotatable bonds is 7. The number of carbonyl (C=O) groups excluding carboxylic acids is 2. The predicted octanol–water partition coefficient (Wildman–Crippen LogP) is 3.19. The molecule has 1 aromatic heterocycles. The average Bonchev–Trinajstić information content (AvgIpc) is 3.05. The number of nitrogens with zero attached hydrogens (tertiary/aromatic N) is 2. The number of benzene rings is 1. The summed E-state index contributed by atoms with van der Waals surface area (Å²) in [5.41, 5.74) is 2.41. The zero-order chi connectivity index (χ0) is 22.5. The van der Waals surface area contributed by atoms with Gasteiger partial charge in [0.1, 0.15) is 18.1 Å². The first-order valence-corrected chi connectivity index (χ1v) is 10.5. The average molecular weight is 452 g/mol. The molecule has 31 heavy (non-hydrogen) atoms. The first kappa shape index (κ1) is 23.2. The third-order valence-electron chi connectivity index (χ3n) is 5.48. The maximum absolute atomic E-state index is 14.1. The molecule has 7 nitrogen and oxygen atoms in total. The Kier molecular flexibility index (Phi) is 7.69. The Morgan fingerprint density at radius 3 is 2.52 bits per heavy atom. The molecule has 1 fully saturated rings. The highest BCUT2D eigenvalue weighted by Gasteiger charge is 2.28. The van der Waals surface area contributed by atoms with Crippen molar-refractivity contribution >= 4 is 23.5 Å². The van der Waals surface area contributed by atoms with Gasteiger partial charge in [-0.3, -0.25) is 9.69 Å². The first-order chi connectivity index (χ1) is 14.8. The van der Waals surface area contributed by atoms with Crippen LogP contribution < -0.4 is 0 Å². The molecule has 2 aromatic rings. The molecule has 2 heterocycles. The topological polar surface area (TPSA) is 74.9 Å². The van der Waals surface area contributed by atoms with E-state index in [1.807, 2.05) is 0 Å². The van der Waals surface area contributed by atoms with Gasteiger partial charge in [-0.15, -0.1) is 0 Å². The first-order valence-electron chi connectivity index (χ1n) is 10.1. The minimum absolute atomic E-state index is 0.149. The lowest BCUT2D eigenvalue weighted by Gasteiger charge is -2.34. The minimum Gasteiger partial charge on any atom is -0.460 e. The summed E-state index contributed by atoms with van der Waals surface area (Å²) in [5, 5.41) is 0.404. The highest BCUT2D eigenvalue weighted by atomic mass is 35.5. The Morgan fingerprint density at radius 2 is 1.87 bits per heavy atom. The standard InChI is InChI=1S/C22H27ClFN3O4/c1-14-19(22(29)31-12-11-30-3)15(2)25-20(14)21(28)27-9-7-26(8-10-27)13-16-17(23)5-4-6-18(16)24/h4-6,25H,7-13H2,1-3H3. The van der Waals surface area contributed by atoms with E-state index < -0.39 is 5.97 Å². The van der Waals surface area contributed by atoms with Crippen molar-refractivity contribution < 1.29 is 23.5 Å². The van der Waals surface area contributed by atoms with Crippen LogP contribution in [0.25, 0.3) is 0 Å². The van der Waals surface area contributed by atoms with Crippen LogP contribution in [-0.2, 0) is 16.0 Å². The van der Waals surface area contributed by atoms with Gasteiger partial charge in [0.15, 0.2) is 0 Å². The van der Waals surface area contributed by atoms with E-state index in [0.29, 0.717) is 72.4 Å². The van der Waals surface area contributed by atoms with Crippen molar-refractivity contribution in [2.24, 2.45) is 0 Å². The summed E-state index contributed by atoms with van der Waals surface area (Å²) >= 11 is 6.13. The van der Waals surface area contributed by atoms with Crippen molar-refractivity contribution in [1.82, 2.24) is 14.8 Å². The number of hydrogen-bond donors (Lipinski definition) is 1. The van der Waals surface area contributed by atoms with Gasteiger partial charge in [0.2, 0.25) is 0 Å². The molecule has 3 rings (SSSR count). The van der Waals surface area contributed by atoms with E-state index in [2.05, 4.69) is 9.88 Å². The van der Waals surface area contributed by atoms with Gasteiger partial charge in [0, 0.05) is 56.1 Å². The Hall–Kier alpha value is -2.42. The van der Waals surface area contributed by atoms with E-state index in [1.165, 1.54) is 13.2 Å².